The van der Waals surface area contributed by atoms with E-state index < -0.39 is 104 Å². The maximum Gasteiger partial charge on any atom is 0.127 e. The number of allylic oxidation sites excluding steroid dienone is 2. The Kier molecular flexibility index (Phi) is 1.24. The van der Waals surface area contributed by atoms with Gasteiger partial charge in [-0.15, -0.1) is 0 Å². The largest absolute Gasteiger partial charge is 0.507 e. The Morgan fingerprint density at radius 1 is 1.52 bits per heavy atom. The highest BCUT2D eigenvalue weighted by Gasteiger charge is 2.45. The molecule has 0 saturated heterocycles. The number of fused-ring (bicyclic) bond motifs is 3. The second-order valence-corrected chi connectivity index (χ2v) is 5.48. The van der Waals surface area contributed by atoms with Gasteiger partial charge in [0, 0.05) is 44.8 Å². The van der Waals surface area contributed by atoms with E-state index in [-0.39, 0.29) is 0 Å². The van der Waals surface area contributed by atoms with Gasteiger partial charge in [0.1, 0.15) is 17.1 Å². The quantitative estimate of drug-likeness (QED) is 0.711. The van der Waals surface area contributed by atoms with E-state index in [4.69, 9.17) is 30.8 Å². The monoisotopic (exact) mass is 335 g/mol. The molecule has 2 nitrogen and oxygen atoms in total. The third-order valence-corrected chi connectivity index (χ3v) is 3.44. The van der Waals surface area contributed by atoms with Crippen molar-refractivity contribution in [3.05, 3.63) is 34.9 Å². The van der Waals surface area contributed by atoms with Gasteiger partial charge in [-0.05, 0) is 63.9 Å². The lowest BCUT2D eigenvalue weighted by Crippen LogP contribution is -2.45. The molecule has 0 unspecified atom stereocenters. The molecule has 1 N–H and O–H groups in total. The molecule has 0 spiro atoms. The maximum atomic E-state index is 11.2. The first kappa shape index (κ1) is 4.59. The van der Waals surface area contributed by atoms with Gasteiger partial charge in [0.05, 0.1) is 1.37 Å². The summed E-state index contributed by atoms with van der Waals surface area (Å²) < 4.78 is 178. The van der Waals surface area contributed by atoms with Gasteiger partial charge in [-0.25, -0.2) is 0 Å². The average molecular weight is 336 g/mol. The first-order valence-electron chi connectivity index (χ1n) is 17.3. The molecule has 0 fully saturated rings. The van der Waals surface area contributed by atoms with Crippen molar-refractivity contribution < 1.29 is 38.6 Å². The first-order valence-corrected chi connectivity index (χ1v) is 6.79. The van der Waals surface area contributed by atoms with Crippen LogP contribution in [0.1, 0.15) is 105 Å². The van der Waals surface area contributed by atoms with Crippen LogP contribution in [-0.4, -0.2) is 10.7 Å². The fourth-order valence-corrected chi connectivity index (χ4v) is 2.51. The van der Waals surface area contributed by atoms with Crippen molar-refractivity contribution in [2.45, 2.75) is 77.3 Å². The number of phenolic OH excluding ortho intramolecular Hbond substituents is 1. The molecule has 1 aliphatic carbocycles. The van der Waals surface area contributed by atoms with E-state index in [0.29, 0.717) is 12.1 Å². The number of aromatic hydroxyl groups is 1. The molecule has 1 heterocycles. The molecule has 126 valence electrons. The van der Waals surface area contributed by atoms with E-state index in [0.717, 1.165) is 13.8 Å². The summed E-state index contributed by atoms with van der Waals surface area (Å²) in [5.41, 5.74) is -5.78. The van der Waals surface area contributed by atoms with Gasteiger partial charge in [0.25, 0.3) is 0 Å². The van der Waals surface area contributed by atoms with Crippen LogP contribution in [0.25, 0.3) is 0 Å². The minimum Gasteiger partial charge on any atom is -0.507 e. The highest BCUT2D eigenvalue weighted by Crippen LogP contribution is 2.53. The Morgan fingerprint density at radius 3 is 3.17 bits per heavy atom. The van der Waals surface area contributed by atoms with Gasteiger partial charge in [-0.2, -0.15) is 0 Å². The number of hydrogen-bond acceptors (Lipinski definition) is 2. The lowest BCUT2D eigenvalue weighted by Gasteiger charge is -2.46. The molecular weight excluding hydrogens is 284 g/mol. The highest BCUT2D eigenvalue weighted by atomic mass is 16.5. The van der Waals surface area contributed by atoms with Crippen LogP contribution in [0.15, 0.2) is 23.8 Å². The van der Waals surface area contributed by atoms with Gasteiger partial charge in [-0.1, -0.05) is 31.2 Å². The molecule has 0 bridgehead atoms. The summed E-state index contributed by atoms with van der Waals surface area (Å²) >= 11 is 0. The van der Waals surface area contributed by atoms with Crippen molar-refractivity contribution in [1.82, 2.24) is 0 Å². The third-order valence-electron chi connectivity index (χ3n) is 3.44. The second-order valence-electron chi connectivity index (χ2n) is 5.48. The molecule has 0 aromatic heterocycles. The van der Waals surface area contributed by atoms with Crippen LogP contribution in [0.2, 0.25) is 0 Å². The summed E-state index contributed by atoms with van der Waals surface area (Å²) in [4.78, 5) is 0. The van der Waals surface area contributed by atoms with E-state index in [1.54, 1.807) is 0 Å². The minimum atomic E-state index is -4.07. The van der Waals surface area contributed by atoms with Crippen LogP contribution in [0.5, 0.6) is 11.5 Å². The van der Waals surface area contributed by atoms with E-state index in [1.165, 1.54) is 0 Å². The molecule has 2 heteroatoms. The fourth-order valence-electron chi connectivity index (χ4n) is 2.51. The summed E-state index contributed by atoms with van der Waals surface area (Å²) in [6, 6.07) is -0.405. The fraction of sp³-hybridized carbons (Fsp3) is 0.619. The molecule has 0 radical (unpaired) electrons. The maximum absolute atomic E-state index is 11.2. The Labute approximate surface area is 170 Å². The lowest BCUT2D eigenvalue weighted by molar-refractivity contribution is 0.0107. The van der Waals surface area contributed by atoms with E-state index in [9.17, 15) is 7.85 Å². The van der Waals surface area contributed by atoms with Crippen LogP contribution in [0.4, 0.5) is 0 Å². The lowest BCUT2D eigenvalue weighted by atomic mass is 9.68. The Morgan fingerprint density at radius 2 is 2.39 bits per heavy atom. The van der Waals surface area contributed by atoms with Crippen LogP contribution in [0, 0.1) is 5.89 Å². The zero-order valence-corrected chi connectivity index (χ0v) is 12.5. The van der Waals surface area contributed by atoms with Gasteiger partial charge >= 0.3 is 0 Å². The minimum absolute atomic E-state index is 0.400. The van der Waals surface area contributed by atoms with Crippen molar-refractivity contribution in [3.8, 4) is 11.5 Å². The van der Waals surface area contributed by atoms with Crippen molar-refractivity contribution in [1.29, 1.82) is 0 Å². The summed E-state index contributed by atoms with van der Waals surface area (Å²) in [5, 5.41) is 11.2. The predicted molar refractivity (Wildman–Crippen MR) is 95.3 cm³/mol. The van der Waals surface area contributed by atoms with Crippen LogP contribution in [-0.2, 0) is 6.37 Å². The smallest absolute Gasteiger partial charge is 0.127 e. The number of rotatable bonds is 4. The SMILES string of the molecule is [2H]C1=C(C([2H])([2H])[2H])C([2H])([2H])C([2H])([2H])[C@@]2([2H])C(C)(C)Oc3cc(C([2H])([2H])C([2H])([2H])C([2H])([2H])C([2H])([2H])C([2H])([2H])[2H])cc(O)c3[C@]12[2H]. The first-order chi connectivity index (χ1) is 19.0. The van der Waals surface area contributed by atoms with Crippen molar-refractivity contribution in [2.75, 3.05) is 0 Å². The average Bonchev–Trinajstić information content (AvgIpc) is 2.78. The molecule has 2 aliphatic rings. The molecule has 2 atom stereocenters. The number of aryl methyl sites for hydroxylation is 1. The second kappa shape index (κ2) is 6.22. The van der Waals surface area contributed by atoms with E-state index in [1.807, 2.05) is 0 Å². The number of hydrogen-bond donors (Lipinski definition) is 1. The summed E-state index contributed by atoms with van der Waals surface area (Å²) in [5.74, 6) is -8.55. The predicted octanol–water partition coefficient (Wildman–Crippen LogP) is 5.74. The molecule has 0 amide bonds. The molecule has 1 aromatic carbocycles. The molecule has 1 aromatic rings. The summed E-state index contributed by atoms with van der Waals surface area (Å²) in [6.45, 7) is -5.26. The van der Waals surface area contributed by atoms with Gasteiger partial charge in [0.2, 0.25) is 0 Å². The van der Waals surface area contributed by atoms with Crippen molar-refractivity contribution in [3.63, 3.8) is 0 Å². The normalized spacial score (nSPS) is 53.4. The third kappa shape index (κ3) is 3.13. The molecule has 3 rings (SSSR count). The summed E-state index contributed by atoms with van der Waals surface area (Å²) in [7, 11) is 0. The van der Waals surface area contributed by atoms with Crippen LogP contribution in [0.3, 0.4) is 0 Å². The van der Waals surface area contributed by atoms with Crippen LogP contribution < -0.4 is 4.74 Å². The topological polar surface area (TPSA) is 29.5 Å². The van der Waals surface area contributed by atoms with E-state index >= 15 is 0 Å². The van der Waals surface area contributed by atoms with Gasteiger partial charge < -0.3 is 9.84 Å². The number of benzene rings is 1. The molecule has 23 heavy (non-hydrogen) atoms. The van der Waals surface area contributed by atoms with Gasteiger partial charge in [0.15, 0.2) is 0 Å². The van der Waals surface area contributed by atoms with Gasteiger partial charge in [-0.3, -0.25) is 0 Å². The zero-order chi connectivity index (χ0) is 35.1. The Balaban J connectivity index is 2.46. The molecular formula is C21H30O2. The number of ether oxygens (including phenoxy) is 1. The Bertz CT molecular complexity index is 1400. The van der Waals surface area contributed by atoms with Crippen molar-refractivity contribution >= 4 is 0 Å². The van der Waals surface area contributed by atoms with E-state index in [2.05, 4.69) is 0 Å². The standard InChI is InChI=1S/C21H30O2/c1-5-6-7-8-15-12-18(22)20-16-11-14(2)9-10-17(16)21(3,4)23-19(20)13-15/h11-13,16-17,22H,5-10H2,1-4H3/t16-,17-/m1/s1/i1D3,2D3,5D2,6D2,7D2,8D2,9D2,10D2,11D,16D,17D. The number of phenols is 1. The highest BCUT2D eigenvalue weighted by molar-refractivity contribution is 5.53. The van der Waals surface area contributed by atoms with Crippen LogP contribution >= 0.6 is 0 Å². The molecule has 1 aliphatic heterocycles. The van der Waals surface area contributed by atoms with Crippen molar-refractivity contribution in [2.24, 2.45) is 5.89 Å². The Hall–Kier alpha value is -1.44. The molecule has 0 saturated carbocycles. The zero-order valence-electron chi connectivity index (χ0n) is 33.5. The summed E-state index contributed by atoms with van der Waals surface area (Å²) in [6.07, 6.45) is -22.9.